The smallest absolute Gasteiger partial charge is 0.0635 e. The molecule has 3 heteroatoms. The predicted molar refractivity (Wildman–Crippen MR) is 79.0 cm³/mol. The molecule has 0 bridgehead atoms. The maximum atomic E-state index is 6.01. The molecule has 0 amide bonds. The highest BCUT2D eigenvalue weighted by Gasteiger charge is 2.01. The van der Waals surface area contributed by atoms with E-state index in [1.807, 2.05) is 50.3 Å². The van der Waals surface area contributed by atoms with Crippen molar-refractivity contribution in [3.63, 3.8) is 0 Å². The van der Waals surface area contributed by atoms with Crippen LogP contribution in [-0.4, -0.2) is 4.98 Å². The van der Waals surface area contributed by atoms with E-state index in [1.54, 1.807) is 6.07 Å². The SMILES string of the molecule is C/C(=C\c1cccc(C)n1)c1ccc(Cl)c(Cl)c1. The summed E-state index contributed by atoms with van der Waals surface area (Å²) in [4.78, 5) is 4.44. The van der Waals surface area contributed by atoms with Gasteiger partial charge >= 0.3 is 0 Å². The minimum absolute atomic E-state index is 0.569. The zero-order chi connectivity index (χ0) is 13.1. The van der Waals surface area contributed by atoms with Gasteiger partial charge in [0.1, 0.15) is 0 Å². The van der Waals surface area contributed by atoms with Crippen LogP contribution in [0.4, 0.5) is 0 Å². The predicted octanol–water partition coefficient (Wildman–Crippen LogP) is 5.26. The number of allylic oxidation sites excluding steroid dienone is 1. The summed E-state index contributed by atoms with van der Waals surface area (Å²) in [6.07, 6.45) is 2.03. The lowest BCUT2D eigenvalue weighted by molar-refractivity contribution is 1.18. The molecule has 0 fully saturated rings. The van der Waals surface area contributed by atoms with Gasteiger partial charge in [-0.1, -0.05) is 35.3 Å². The average Bonchev–Trinajstić information content (AvgIpc) is 2.32. The molecule has 1 aromatic heterocycles. The van der Waals surface area contributed by atoms with E-state index in [1.165, 1.54) is 0 Å². The van der Waals surface area contributed by atoms with Crippen LogP contribution in [0, 0.1) is 6.92 Å². The average molecular weight is 278 g/mol. The van der Waals surface area contributed by atoms with Crippen LogP contribution in [-0.2, 0) is 0 Å². The Morgan fingerprint density at radius 2 is 1.89 bits per heavy atom. The van der Waals surface area contributed by atoms with Crippen LogP contribution in [0.2, 0.25) is 10.0 Å². The highest BCUT2D eigenvalue weighted by atomic mass is 35.5. The summed E-state index contributed by atoms with van der Waals surface area (Å²) in [6.45, 7) is 4.01. The molecule has 0 aliphatic rings. The summed E-state index contributed by atoms with van der Waals surface area (Å²) in [6, 6.07) is 11.6. The van der Waals surface area contributed by atoms with E-state index in [0.29, 0.717) is 10.0 Å². The first kappa shape index (κ1) is 13.1. The van der Waals surface area contributed by atoms with Gasteiger partial charge in [0.25, 0.3) is 0 Å². The number of hydrogen-bond acceptors (Lipinski definition) is 1. The van der Waals surface area contributed by atoms with Crippen molar-refractivity contribution in [2.24, 2.45) is 0 Å². The lowest BCUT2D eigenvalue weighted by Crippen LogP contribution is -1.86. The third kappa shape index (κ3) is 3.12. The molecule has 2 aromatic rings. The second-order valence-corrected chi connectivity index (χ2v) is 4.97. The summed E-state index contributed by atoms with van der Waals surface area (Å²) in [7, 11) is 0. The summed E-state index contributed by atoms with van der Waals surface area (Å²) in [5, 5.41) is 1.14. The van der Waals surface area contributed by atoms with Crippen molar-refractivity contribution in [3.8, 4) is 0 Å². The fourth-order valence-electron chi connectivity index (χ4n) is 1.69. The third-order valence-electron chi connectivity index (χ3n) is 2.65. The zero-order valence-corrected chi connectivity index (χ0v) is 11.8. The molecule has 0 N–H and O–H groups in total. The Balaban J connectivity index is 2.35. The molecule has 0 aliphatic heterocycles. The first-order chi connectivity index (χ1) is 8.56. The fourth-order valence-corrected chi connectivity index (χ4v) is 1.99. The van der Waals surface area contributed by atoms with Crippen molar-refractivity contribution in [1.29, 1.82) is 0 Å². The molecule has 1 aromatic carbocycles. The number of aromatic nitrogens is 1. The van der Waals surface area contributed by atoms with Crippen molar-refractivity contribution >= 4 is 34.9 Å². The van der Waals surface area contributed by atoms with Crippen molar-refractivity contribution in [3.05, 3.63) is 63.4 Å². The van der Waals surface area contributed by atoms with Gasteiger partial charge in [0.2, 0.25) is 0 Å². The van der Waals surface area contributed by atoms with E-state index in [-0.39, 0.29) is 0 Å². The lowest BCUT2D eigenvalue weighted by Gasteiger charge is -2.04. The molecule has 92 valence electrons. The van der Waals surface area contributed by atoms with Crippen LogP contribution >= 0.6 is 23.2 Å². The number of nitrogens with zero attached hydrogens (tertiary/aromatic N) is 1. The molecule has 0 aliphatic carbocycles. The van der Waals surface area contributed by atoms with Crippen LogP contribution < -0.4 is 0 Å². The number of aryl methyl sites for hydroxylation is 1. The Morgan fingerprint density at radius 3 is 2.56 bits per heavy atom. The van der Waals surface area contributed by atoms with Crippen LogP contribution in [0.15, 0.2) is 36.4 Å². The molecule has 2 rings (SSSR count). The molecule has 0 unspecified atom stereocenters. The largest absolute Gasteiger partial charge is 0.254 e. The van der Waals surface area contributed by atoms with Crippen LogP contribution in [0.3, 0.4) is 0 Å². The Hall–Kier alpha value is -1.31. The Kier molecular flexibility index (Phi) is 4.05. The second-order valence-electron chi connectivity index (χ2n) is 4.16. The number of halogens is 2. The molecule has 0 spiro atoms. The zero-order valence-electron chi connectivity index (χ0n) is 10.2. The second kappa shape index (κ2) is 5.55. The van der Waals surface area contributed by atoms with Gasteiger partial charge in [-0.3, -0.25) is 4.98 Å². The normalized spacial score (nSPS) is 11.7. The number of pyridine rings is 1. The van der Waals surface area contributed by atoms with Crippen molar-refractivity contribution in [2.75, 3.05) is 0 Å². The van der Waals surface area contributed by atoms with E-state index >= 15 is 0 Å². The third-order valence-corrected chi connectivity index (χ3v) is 3.39. The first-order valence-corrected chi connectivity index (χ1v) is 6.39. The van der Waals surface area contributed by atoms with Gasteiger partial charge in [-0.05, 0) is 55.3 Å². The van der Waals surface area contributed by atoms with Crippen LogP contribution in [0.1, 0.15) is 23.9 Å². The molecular weight excluding hydrogens is 265 g/mol. The van der Waals surface area contributed by atoms with E-state index in [9.17, 15) is 0 Å². The van der Waals surface area contributed by atoms with E-state index in [2.05, 4.69) is 4.98 Å². The summed E-state index contributed by atoms with van der Waals surface area (Å²) < 4.78 is 0. The topological polar surface area (TPSA) is 12.9 Å². The highest BCUT2D eigenvalue weighted by Crippen LogP contribution is 2.26. The van der Waals surface area contributed by atoms with Crippen molar-refractivity contribution < 1.29 is 0 Å². The van der Waals surface area contributed by atoms with Gasteiger partial charge in [0.15, 0.2) is 0 Å². The quantitative estimate of drug-likeness (QED) is 0.730. The van der Waals surface area contributed by atoms with Gasteiger partial charge in [-0.15, -0.1) is 0 Å². The standard InChI is InChI=1S/C15H13Cl2N/c1-10(8-13-5-3-4-11(2)18-13)12-6-7-14(16)15(17)9-12/h3-9H,1-2H3/b10-8+. The first-order valence-electron chi connectivity index (χ1n) is 5.63. The van der Waals surface area contributed by atoms with Gasteiger partial charge < -0.3 is 0 Å². The number of rotatable bonds is 2. The molecule has 1 nitrogen and oxygen atoms in total. The fraction of sp³-hybridized carbons (Fsp3) is 0.133. The number of benzene rings is 1. The maximum absolute atomic E-state index is 6.01. The van der Waals surface area contributed by atoms with Crippen LogP contribution in [0.5, 0.6) is 0 Å². The molecule has 0 saturated carbocycles. The van der Waals surface area contributed by atoms with Gasteiger partial charge in [-0.25, -0.2) is 0 Å². The van der Waals surface area contributed by atoms with E-state index in [0.717, 1.165) is 22.5 Å². The number of hydrogen-bond donors (Lipinski definition) is 0. The van der Waals surface area contributed by atoms with E-state index in [4.69, 9.17) is 23.2 Å². The molecule has 0 atom stereocenters. The minimum atomic E-state index is 0.569. The van der Waals surface area contributed by atoms with Crippen molar-refractivity contribution in [1.82, 2.24) is 4.98 Å². The maximum Gasteiger partial charge on any atom is 0.0635 e. The summed E-state index contributed by atoms with van der Waals surface area (Å²) in [5.74, 6) is 0. The van der Waals surface area contributed by atoms with Crippen molar-refractivity contribution in [2.45, 2.75) is 13.8 Å². The monoisotopic (exact) mass is 277 g/mol. The lowest BCUT2D eigenvalue weighted by atomic mass is 10.1. The minimum Gasteiger partial charge on any atom is -0.254 e. The Bertz CT molecular complexity index is 603. The van der Waals surface area contributed by atoms with Crippen LogP contribution in [0.25, 0.3) is 11.6 Å². The Labute approximate surface area is 117 Å². The summed E-state index contributed by atoms with van der Waals surface area (Å²) >= 11 is 11.9. The van der Waals surface area contributed by atoms with Gasteiger partial charge in [0.05, 0.1) is 15.7 Å². The van der Waals surface area contributed by atoms with E-state index < -0.39 is 0 Å². The van der Waals surface area contributed by atoms with Gasteiger partial charge in [0, 0.05) is 5.69 Å². The molecular formula is C15H13Cl2N. The molecule has 0 radical (unpaired) electrons. The highest BCUT2D eigenvalue weighted by molar-refractivity contribution is 6.42. The molecule has 0 saturated heterocycles. The molecule has 1 heterocycles. The molecule has 18 heavy (non-hydrogen) atoms. The Morgan fingerprint density at radius 1 is 1.11 bits per heavy atom. The van der Waals surface area contributed by atoms with Gasteiger partial charge in [-0.2, -0.15) is 0 Å². The summed E-state index contributed by atoms with van der Waals surface area (Å²) in [5.41, 5.74) is 4.10.